The van der Waals surface area contributed by atoms with Crippen LogP contribution in [0.15, 0.2) is 128 Å². The fourth-order valence-corrected chi connectivity index (χ4v) is 12.2. The molecular weight excluding hydrogens is 932 g/mol. The normalized spacial score (nSPS) is 12.3. The number of benzene rings is 6. The van der Waals surface area contributed by atoms with Gasteiger partial charge in [0.15, 0.2) is 0 Å². The minimum atomic E-state index is -2.02. The predicted molar refractivity (Wildman–Crippen MR) is 231 cm³/mol. The molecule has 3 heterocycles. The average molecular weight is 976 g/mol. The molecule has 0 spiro atoms. The third kappa shape index (κ3) is 7.81. The van der Waals surface area contributed by atoms with E-state index in [1.54, 1.807) is 29.5 Å². The standard InChI is InChI=1S/C34H23FNS.C15H18GeN.Ir/c1-20-10-13-22(14-11-20)17-23-18-31(36-19-30(23)35)27-8-5-9-28-32-25-7-4-3-6-24(25)29-16-21(2)12-15-26(29)34(32)37-33(27)28;1-12-10-15(13-8-6-5-7-9-13)17-11-14(12)16(2,3)4;/h3-7,9-16,18-19H,17H2,1-2H3;5-8,10-11H,1-4H3;/q2*-1;/i17D2;;. The van der Waals surface area contributed by atoms with Gasteiger partial charge < -0.3 is 4.98 Å². The summed E-state index contributed by atoms with van der Waals surface area (Å²) in [7, 11) is 0. The summed E-state index contributed by atoms with van der Waals surface area (Å²) in [6.45, 7) is 6.25. The summed E-state index contributed by atoms with van der Waals surface area (Å²) in [6.07, 6.45) is 1.18. The number of hydrogen-bond acceptors (Lipinski definition) is 3. The summed E-state index contributed by atoms with van der Waals surface area (Å²) < 4.78 is 36.4. The van der Waals surface area contributed by atoms with Crippen LogP contribution < -0.4 is 4.40 Å². The van der Waals surface area contributed by atoms with Crippen molar-refractivity contribution in [2.45, 2.75) is 44.4 Å². The van der Waals surface area contributed by atoms with Gasteiger partial charge in [-0.25, -0.2) is 4.39 Å². The van der Waals surface area contributed by atoms with Crippen LogP contribution in [0.3, 0.4) is 0 Å². The molecule has 6 aromatic carbocycles. The summed E-state index contributed by atoms with van der Waals surface area (Å²) in [6, 6.07) is 44.5. The van der Waals surface area contributed by atoms with Gasteiger partial charge in [-0.3, -0.25) is 0 Å². The fourth-order valence-electron chi connectivity index (χ4n) is 7.23. The molecule has 9 rings (SSSR count). The summed E-state index contributed by atoms with van der Waals surface area (Å²) in [5.41, 5.74) is 7.33. The number of pyridine rings is 2. The summed E-state index contributed by atoms with van der Waals surface area (Å²) in [5, 5.41) is 7.11. The van der Waals surface area contributed by atoms with Gasteiger partial charge in [0.25, 0.3) is 0 Å². The first kappa shape index (κ1) is 36.1. The molecule has 0 aliphatic heterocycles. The Morgan fingerprint density at radius 1 is 0.673 bits per heavy atom. The number of rotatable bonds is 5. The van der Waals surface area contributed by atoms with Gasteiger partial charge >= 0.3 is 106 Å². The van der Waals surface area contributed by atoms with E-state index in [9.17, 15) is 0 Å². The van der Waals surface area contributed by atoms with Gasteiger partial charge in [-0.05, 0) is 68.7 Å². The summed E-state index contributed by atoms with van der Waals surface area (Å²) in [5.74, 6) is 6.54. The minimum Gasteiger partial charge on any atom is -0.302 e. The van der Waals surface area contributed by atoms with E-state index in [-0.39, 0.29) is 25.7 Å². The van der Waals surface area contributed by atoms with E-state index < -0.39 is 25.5 Å². The maximum Gasteiger partial charge on any atom is 0.143 e. The van der Waals surface area contributed by atoms with Crippen LogP contribution in [0, 0.1) is 38.7 Å². The summed E-state index contributed by atoms with van der Waals surface area (Å²) in [4.78, 5) is 9.01. The fraction of sp³-hybridized carbons (Fsp3) is 0.143. The third-order valence-corrected chi connectivity index (χ3v) is 15.6. The van der Waals surface area contributed by atoms with Gasteiger partial charge in [0.1, 0.15) is 5.82 Å². The Morgan fingerprint density at radius 2 is 1.40 bits per heavy atom. The SMILES string of the molecule is Cc1cc(-c2[c-]cccc2)nc[c]1[Ge]([CH3])([CH3])[CH3].[2H]C([2H])(c1ccc(C)cc1)c1cc(-c2[c-]ccc3c2sc2c4ccc(C)cc4c4ccccc4c32)ncc1F.[Ir]. The van der Waals surface area contributed by atoms with Gasteiger partial charge in [-0.15, -0.1) is 23.8 Å². The molecular formula is C49H41FGeIrN2S-2. The quantitative estimate of drug-likeness (QED) is 0.0976. The first-order valence-electron chi connectivity index (χ1n) is 19.2. The Labute approximate surface area is 346 Å². The average Bonchev–Trinajstić information content (AvgIpc) is 3.59. The maximum atomic E-state index is 15.1. The van der Waals surface area contributed by atoms with Crippen molar-refractivity contribution < 1.29 is 27.2 Å². The molecule has 0 atom stereocenters. The van der Waals surface area contributed by atoms with E-state index in [1.165, 1.54) is 47.2 Å². The molecule has 9 aromatic rings. The molecule has 275 valence electrons. The van der Waals surface area contributed by atoms with Crippen molar-refractivity contribution in [3.05, 3.63) is 173 Å². The first-order chi connectivity index (χ1) is 26.8. The van der Waals surface area contributed by atoms with Crippen molar-refractivity contribution >= 4 is 70.7 Å². The minimum absolute atomic E-state index is 0. The maximum absolute atomic E-state index is 15.1. The molecule has 0 bridgehead atoms. The second-order valence-electron chi connectivity index (χ2n) is 14.9. The molecule has 0 saturated carbocycles. The first-order valence-corrected chi connectivity index (χ1v) is 26.3. The number of thiophene rings is 1. The van der Waals surface area contributed by atoms with Gasteiger partial charge in [0.05, 0.1) is 6.20 Å². The van der Waals surface area contributed by atoms with Crippen LogP contribution in [-0.4, -0.2) is 23.2 Å². The zero-order valence-electron chi connectivity index (χ0n) is 33.6. The van der Waals surface area contributed by atoms with Crippen LogP contribution in [0.25, 0.3) is 64.2 Å². The molecule has 0 amide bonds. The third-order valence-electron chi connectivity index (χ3n) is 9.90. The second-order valence-corrected chi connectivity index (χ2v) is 26.5. The van der Waals surface area contributed by atoms with Crippen LogP contribution in [0.4, 0.5) is 4.39 Å². The van der Waals surface area contributed by atoms with E-state index in [0.717, 1.165) is 38.7 Å². The number of nitrogens with zero attached hydrogens (tertiary/aromatic N) is 2. The monoisotopic (exact) mass is 977 g/mol. The second kappa shape index (κ2) is 15.9. The Balaban J connectivity index is 0.000000232. The van der Waals surface area contributed by atoms with Crippen molar-refractivity contribution in [3.63, 3.8) is 0 Å². The van der Waals surface area contributed by atoms with Crippen LogP contribution >= 0.6 is 11.3 Å². The Bertz CT molecular complexity index is 2920. The molecule has 0 N–H and O–H groups in total. The van der Waals surface area contributed by atoms with Crippen LogP contribution in [0.5, 0.6) is 0 Å². The van der Waals surface area contributed by atoms with E-state index in [2.05, 4.69) is 120 Å². The molecule has 55 heavy (non-hydrogen) atoms. The molecule has 0 unspecified atom stereocenters. The number of aryl methyl sites for hydroxylation is 3. The number of hydrogen-bond donors (Lipinski definition) is 0. The van der Waals surface area contributed by atoms with E-state index in [4.69, 9.17) is 2.74 Å². The molecule has 0 saturated heterocycles. The van der Waals surface area contributed by atoms with Gasteiger partial charge in [-0.2, -0.15) is 11.3 Å². The van der Waals surface area contributed by atoms with E-state index >= 15 is 4.39 Å². The zero-order valence-corrected chi connectivity index (χ0v) is 36.9. The van der Waals surface area contributed by atoms with Crippen LogP contribution in [-0.2, 0) is 26.5 Å². The Morgan fingerprint density at radius 3 is 2.13 bits per heavy atom. The largest absolute Gasteiger partial charge is 0.302 e. The molecule has 0 fully saturated rings. The van der Waals surface area contributed by atoms with E-state index in [0.29, 0.717) is 11.3 Å². The number of fused-ring (bicyclic) bond motifs is 8. The van der Waals surface area contributed by atoms with Crippen LogP contribution in [0.2, 0.25) is 17.3 Å². The number of aromatic nitrogens is 2. The topological polar surface area (TPSA) is 25.8 Å². The Kier molecular flexibility index (Phi) is 10.5. The molecule has 1 radical (unpaired) electrons. The molecule has 6 heteroatoms. The van der Waals surface area contributed by atoms with Gasteiger partial charge in [0.2, 0.25) is 0 Å². The van der Waals surface area contributed by atoms with Crippen molar-refractivity contribution in [2.24, 2.45) is 0 Å². The molecule has 0 aliphatic carbocycles. The number of halogens is 1. The van der Waals surface area contributed by atoms with Gasteiger partial charge in [0, 0.05) is 27.5 Å². The smallest absolute Gasteiger partial charge is 0.143 e. The molecule has 2 nitrogen and oxygen atoms in total. The zero-order chi connectivity index (χ0) is 39.4. The Hall–Kier alpha value is -4.52. The van der Waals surface area contributed by atoms with Crippen molar-refractivity contribution in [3.8, 4) is 22.5 Å². The summed E-state index contributed by atoms with van der Waals surface area (Å²) >= 11 is -0.0825. The molecule has 3 aromatic heterocycles. The van der Waals surface area contributed by atoms with Crippen molar-refractivity contribution in [1.29, 1.82) is 0 Å². The van der Waals surface area contributed by atoms with Crippen molar-refractivity contribution in [1.82, 2.24) is 9.97 Å². The molecule has 0 aliphatic rings. The van der Waals surface area contributed by atoms with Gasteiger partial charge in [-0.1, -0.05) is 89.3 Å². The van der Waals surface area contributed by atoms with E-state index in [1.807, 2.05) is 43.3 Å². The van der Waals surface area contributed by atoms with Crippen molar-refractivity contribution in [2.75, 3.05) is 0 Å². The van der Waals surface area contributed by atoms with Crippen LogP contribution in [0.1, 0.15) is 30.6 Å². The predicted octanol–water partition coefficient (Wildman–Crippen LogP) is 13.0.